The lowest BCUT2D eigenvalue weighted by atomic mass is 10.0. The van der Waals surface area contributed by atoms with E-state index in [0.29, 0.717) is 40.9 Å². The van der Waals surface area contributed by atoms with Gasteiger partial charge in [0, 0.05) is 30.0 Å². The van der Waals surface area contributed by atoms with E-state index in [-0.39, 0.29) is 4.90 Å². The second kappa shape index (κ2) is 8.45. The summed E-state index contributed by atoms with van der Waals surface area (Å²) < 4.78 is 47.3. The van der Waals surface area contributed by atoms with Crippen LogP contribution in [0, 0.1) is 0 Å². The van der Waals surface area contributed by atoms with Crippen LogP contribution in [0.2, 0.25) is 5.02 Å². The van der Waals surface area contributed by atoms with E-state index in [1.165, 1.54) is 31.7 Å². The fraction of sp³-hybridized carbons (Fsp3) is 0.273. The highest BCUT2D eigenvalue weighted by atomic mass is 35.5. The molecule has 4 rings (SSSR count). The Hall–Kier alpha value is -2.68. The number of methoxy groups -OCH3 is 3. The molecule has 1 aromatic heterocycles. The van der Waals surface area contributed by atoms with E-state index in [2.05, 4.69) is 4.57 Å². The predicted octanol–water partition coefficient (Wildman–Crippen LogP) is 3.96. The van der Waals surface area contributed by atoms with Gasteiger partial charge in [-0.2, -0.15) is 4.31 Å². The molecule has 31 heavy (non-hydrogen) atoms. The fourth-order valence-electron chi connectivity index (χ4n) is 3.98. The fourth-order valence-corrected chi connectivity index (χ4v) is 5.86. The van der Waals surface area contributed by atoms with Gasteiger partial charge in [0.15, 0.2) is 11.5 Å². The molecule has 0 saturated carbocycles. The number of sulfonamides is 1. The summed E-state index contributed by atoms with van der Waals surface area (Å²) in [7, 11) is 0.761. The molecule has 2 aromatic carbocycles. The number of halogens is 1. The highest BCUT2D eigenvalue weighted by Gasteiger charge is 2.38. The molecule has 0 saturated heterocycles. The first kappa shape index (κ1) is 21.5. The van der Waals surface area contributed by atoms with Crippen molar-refractivity contribution in [3.8, 4) is 17.2 Å². The molecule has 9 heteroatoms. The molecule has 7 nitrogen and oxygen atoms in total. The lowest BCUT2D eigenvalue weighted by Crippen LogP contribution is -2.42. The lowest BCUT2D eigenvalue weighted by Gasteiger charge is -2.36. The Labute approximate surface area is 186 Å². The Balaban J connectivity index is 1.91. The van der Waals surface area contributed by atoms with Gasteiger partial charge in [0.05, 0.1) is 32.3 Å². The molecule has 0 fully saturated rings. The van der Waals surface area contributed by atoms with Crippen LogP contribution in [0.3, 0.4) is 0 Å². The Kier molecular flexibility index (Phi) is 5.88. The van der Waals surface area contributed by atoms with Crippen molar-refractivity contribution in [1.29, 1.82) is 0 Å². The third kappa shape index (κ3) is 3.75. The minimum absolute atomic E-state index is 0.150. The topological polar surface area (TPSA) is 70.0 Å². The molecular weight excluding hydrogens is 440 g/mol. The number of hydrogen-bond donors (Lipinski definition) is 0. The summed E-state index contributed by atoms with van der Waals surface area (Å²) in [6.45, 7) is 0.848. The van der Waals surface area contributed by atoms with E-state index in [4.69, 9.17) is 25.8 Å². The Bertz CT molecular complexity index is 1180. The Morgan fingerprint density at radius 3 is 2.26 bits per heavy atom. The average molecular weight is 463 g/mol. The first-order valence-electron chi connectivity index (χ1n) is 9.63. The number of hydrogen-bond acceptors (Lipinski definition) is 5. The second-order valence-corrected chi connectivity index (χ2v) is 9.39. The van der Waals surface area contributed by atoms with Gasteiger partial charge in [-0.25, -0.2) is 8.42 Å². The van der Waals surface area contributed by atoms with Gasteiger partial charge in [0.2, 0.25) is 15.8 Å². The molecule has 0 spiro atoms. The molecule has 0 N–H and O–H groups in total. The van der Waals surface area contributed by atoms with E-state index >= 15 is 0 Å². The van der Waals surface area contributed by atoms with E-state index in [9.17, 15) is 8.42 Å². The molecule has 1 aliphatic heterocycles. The van der Waals surface area contributed by atoms with Crippen LogP contribution in [0.4, 0.5) is 0 Å². The van der Waals surface area contributed by atoms with Crippen molar-refractivity contribution in [3.05, 3.63) is 71.0 Å². The Morgan fingerprint density at radius 1 is 0.935 bits per heavy atom. The standard InChI is InChI=1S/C22H23ClN2O5S/c1-28-19-12-15(13-20(29-2)22(19)30-3)21-18-8-5-9-24(18)10-11-25(21)31(26,27)17-7-4-6-16(23)14-17/h4-9,12-14,21H,10-11H2,1-3H3/t21-/m1/s1. The first-order valence-corrected chi connectivity index (χ1v) is 11.4. The van der Waals surface area contributed by atoms with Crippen LogP contribution in [-0.4, -0.2) is 45.2 Å². The molecule has 3 aromatic rings. The predicted molar refractivity (Wildman–Crippen MR) is 118 cm³/mol. The third-order valence-electron chi connectivity index (χ3n) is 5.40. The summed E-state index contributed by atoms with van der Waals surface area (Å²) in [5, 5.41) is 0.366. The number of fused-ring (bicyclic) bond motifs is 1. The molecule has 164 valence electrons. The van der Waals surface area contributed by atoms with E-state index in [0.717, 1.165) is 5.69 Å². The summed E-state index contributed by atoms with van der Waals surface area (Å²) in [6, 6.07) is 13.1. The largest absolute Gasteiger partial charge is 0.493 e. The third-order valence-corrected chi connectivity index (χ3v) is 7.50. The number of ether oxygens (including phenoxy) is 3. The summed E-state index contributed by atoms with van der Waals surface area (Å²) in [4.78, 5) is 0.150. The van der Waals surface area contributed by atoms with E-state index < -0.39 is 16.1 Å². The van der Waals surface area contributed by atoms with Gasteiger partial charge in [-0.1, -0.05) is 17.7 Å². The smallest absolute Gasteiger partial charge is 0.244 e. The van der Waals surface area contributed by atoms with Crippen LogP contribution < -0.4 is 14.2 Å². The van der Waals surface area contributed by atoms with Gasteiger partial charge in [0.1, 0.15) is 0 Å². The number of aromatic nitrogens is 1. The SMILES string of the molecule is COc1cc([C@@H]2c3cccn3CCN2S(=O)(=O)c2cccc(Cl)c2)cc(OC)c1OC. The van der Waals surface area contributed by atoms with Crippen LogP contribution in [0.1, 0.15) is 17.3 Å². The zero-order valence-corrected chi connectivity index (χ0v) is 19.0. The van der Waals surface area contributed by atoms with Crippen LogP contribution in [0.25, 0.3) is 0 Å². The monoisotopic (exact) mass is 462 g/mol. The van der Waals surface area contributed by atoms with Crippen LogP contribution in [0.5, 0.6) is 17.2 Å². The van der Waals surface area contributed by atoms with Crippen molar-refractivity contribution in [1.82, 2.24) is 8.87 Å². The lowest BCUT2D eigenvalue weighted by molar-refractivity contribution is 0.293. The zero-order chi connectivity index (χ0) is 22.2. The molecule has 0 amide bonds. The van der Waals surface area contributed by atoms with Crippen molar-refractivity contribution >= 4 is 21.6 Å². The maximum Gasteiger partial charge on any atom is 0.244 e. The molecular formula is C22H23ClN2O5S. The highest BCUT2D eigenvalue weighted by molar-refractivity contribution is 7.89. The van der Waals surface area contributed by atoms with E-state index in [1.54, 1.807) is 30.3 Å². The van der Waals surface area contributed by atoms with Gasteiger partial charge in [-0.15, -0.1) is 0 Å². The minimum Gasteiger partial charge on any atom is -0.493 e. The van der Waals surface area contributed by atoms with Crippen molar-refractivity contribution < 1.29 is 22.6 Å². The van der Waals surface area contributed by atoms with E-state index in [1.807, 2.05) is 18.3 Å². The van der Waals surface area contributed by atoms with Crippen molar-refractivity contribution in [2.75, 3.05) is 27.9 Å². The van der Waals surface area contributed by atoms with Crippen LogP contribution in [0.15, 0.2) is 59.6 Å². The number of rotatable bonds is 6. The molecule has 1 aliphatic rings. The summed E-state index contributed by atoms with van der Waals surface area (Å²) in [6.07, 6.45) is 1.95. The Morgan fingerprint density at radius 2 is 1.65 bits per heavy atom. The minimum atomic E-state index is -3.83. The summed E-state index contributed by atoms with van der Waals surface area (Å²) >= 11 is 6.09. The van der Waals surface area contributed by atoms with Gasteiger partial charge in [-0.3, -0.25) is 0 Å². The number of benzene rings is 2. The van der Waals surface area contributed by atoms with Gasteiger partial charge < -0.3 is 18.8 Å². The molecule has 0 unspecified atom stereocenters. The van der Waals surface area contributed by atoms with Crippen molar-refractivity contribution in [2.45, 2.75) is 17.5 Å². The van der Waals surface area contributed by atoms with Crippen LogP contribution >= 0.6 is 11.6 Å². The van der Waals surface area contributed by atoms with Gasteiger partial charge in [0.25, 0.3) is 0 Å². The highest BCUT2D eigenvalue weighted by Crippen LogP contribution is 2.44. The molecule has 1 atom stereocenters. The number of nitrogens with zero attached hydrogens (tertiary/aromatic N) is 2. The molecule has 0 radical (unpaired) electrons. The molecule has 2 heterocycles. The summed E-state index contributed by atoms with van der Waals surface area (Å²) in [5.74, 6) is 1.37. The summed E-state index contributed by atoms with van der Waals surface area (Å²) in [5.41, 5.74) is 1.56. The second-order valence-electron chi connectivity index (χ2n) is 7.06. The normalized spacial score (nSPS) is 16.6. The zero-order valence-electron chi connectivity index (χ0n) is 17.4. The van der Waals surface area contributed by atoms with Crippen molar-refractivity contribution in [3.63, 3.8) is 0 Å². The van der Waals surface area contributed by atoms with Crippen LogP contribution in [-0.2, 0) is 16.6 Å². The average Bonchev–Trinajstić information content (AvgIpc) is 3.26. The van der Waals surface area contributed by atoms with Gasteiger partial charge in [-0.05, 0) is 48.0 Å². The maximum absolute atomic E-state index is 13.7. The first-order chi connectivity index (χ1) is 14.9. The maximum atomic E-state index is 13.7. The molecule has 0 bridgehead atoms. The quantitative estimate of drug-likeness (QED) is 0.554. The van der Waals surface area contributed by atoms with Gasteiger partial charge >= 0.3 is 0 Å². The van der Waals surface area contributed by atoms with Crippen molar-refractivity contribution in [2.24, 2.45) is 0 Å². The molecule has 0 aliphatic carbocycles.